The fourth-order valence-corrected chi connectivity index (χ4v) is 6.33. The highest BCUT2D eigenvalue weighted by molar-refractivity contribution is 7.87. The summed E-state index contributed by atoms with van der Waals surface area (Å²) in [5.74, 6) is 0.0567. The first kappa shape index (κ1) is 25.1. The second-order valence-corrected chi connectivity index (χ2v) is 11.5. The summed E-state index contributed by atoms with van der Waals surface area (Å²) in [6.07, 6.45) is 2.10. The predicted octanol–water partition coefficient (Wildman–Crippen LogP) is 5.29. The van der Waals surface area contributed by atoms with Crippen molar-refractivity contribution >= 4 is 17.7 Å². The highest BCUT2D eigenvalue weighted by atomic mass is 32.2. The van der Waals surface area contributed by atoms with E-state index in [4.69, 9.17) is 18.0 Å². The summed E-state index contributed by atoms with van der Waals surface area (Å²) in [5.41, 5.74) is 2.02. The van der Waals surface area contributed by atoms with Crippen molar-refractivity contribution in [2.75, 3.05) is 19.6 Å². The van der Waals surface area contributed by atoms with Gasteiger partial charge in [-0.25, -0.2) is 0 Å². The van der Waals surface area contributed by atoms with E-state index in [1.54, 1.807) is 19.1 Å². The van der Waals surface area contributed by atoms with E-state index in [1.165, 1.54) is 12.1 Å². The Hall–Kier alpha value is -1.54. The zero-order valence-corrected chi connectivity index (χ0v) is 20.2. The van der Waals surface area contributed by atoms with Gasteiger partial charge >= 0.3 is 7.60 Å². The van der Waals surface area contributed by atoms with Crippen molar-refractivity contribution in [2.24, 2.45) is 5.92 Å². The summed E-state index contributed by atoms with van der Waals surface area (Å²) in [6.45, 7) is 4.30. The Kier molecular flexibility index (Phi) is 9.05. The lowest BCUT2D eigenvalue weighted by Crippen LogP contribution is -2.23. The van der Waals surface area contributed by atoms with Crippen LogP contribution in [-0.4, -0.2) is 34.1 Å². The van der Waals surface area contributed by atoms with Gasteiger partial charge in [0.25, 0.3) is 10.1 Å². The van der Waals surface area contributed by atoms with Gasteiger partial charge < -0.3 is 13.8 Å². The Bertz CT molecular complexity index is 993. The third-order valence-corrected chi connectivity index (χ3v) is 8.47. The maximum atomic E-state index is 13.1. The number of rotatable bonds is 12. The van der Waals surface area contributed by atoms with E-state index >= 15 is 0 Å². The number of benzene rings is 2. The standard InChI is InChI=1S/C23H31O7PS/c1-3-28-31(24,18-30-32(25,26)22-14-12-19(2)13-15-22)29-17-21-10-7-11-23(21)27-16-20-8-5-4-6-9-20/h4-6,8-9,12-15,21,23H,3,7,10-11,16-18H2,1-2H3/t21-,23+,31?/m0/s1. The Morgan fingerprint density at radius 2 is 1.72 bits per heavy atom. The minimum Gasteiger partial charge on any atom is -0.373 e. The molecule has 1 fully saturated rings. The molecule has 1 aliphatic carbocycles. The monoisotopic (exact) mass is 482 g/mol. The van der Waals surface area contributed by atoms with Crippen LogP contribution in [0.4, 0.5) is 0 Å². The lowest BCUT2D eigenvalue weighted by atomic mass is 10.1. The average molecular weight is 483 g/mol. The third-order valence-electron chi connectivity index (χ3n) is 5.38. The van der Waals surface area contributed by atoms with E-state index < -0.39 is 24.1 Å². The van der Waals surface area contributed by atoms with Crippen LogP contribution in [-0.2, 0) is 39.3 Å². The fraction of sp³-hybridized carbons (Fsp3) is 0.478. The van der Waals surface area contributed by atoms with Crippen molar-refractivity contribution in [3.05, 3.63) is 65.7 Å². The molecule has 2 aromatic carbocycles. The van der Waals surface area contributed by atoms with Gasteiger partial charge in [-0.2, -0.15) is 8.42 Å². The summed E-state index contributed by atoms with van der Waals surface area (Å²) in [4.78, 5) is -0.00341. The van der Waals surface area contributed by atoms with Crippen molar-refractivity contribution in [3.63, 3.8) is 0 Å². The molecule has 3 atom stereocenters. The van der Waals surface area contributed by atoms with Crippen molar-refractivity contribution in [2.45, 2.75) is 50.7 Å². The summed E-state index contributed by atoms with van der Waals surface area (Å²) < 4.78 is 60.1. The Morgan fingerprint density at radius 3 is 2.41 bits per heavy atom. The summed E-state index contributed by atoms with van der Waals surface area (Å²) in [6, 6.07) is 16.2. The maximum absolute atomic E-state index is 13.1. The van der Waals surface area contributed by atoms with Crippen molar-refractivity contribution in [1.29, 1.82) is 0 Å². The molecule has 0 spiro atoms. The Balaban J connectivity index is 1.56. The smallest absolute Gasteiger partial charge is 0.357 e. The molecule has 176 valence electrons. The Labute approximate surface area is 190 Å². The first-order valence-corrected chi connectivity index (χ1v) is 13.9. The summed E-state index contributed by atoms with van der Waals surface area (Å²) in [7, 11) is -7.83. The fourth-order valence-electron chi connectivity index (χ4n) is 3.62. The summed E-state index contributed by atoms with van der Waals surface area (Å²) >= 11 is 0. The van der Waals surface area contributed by atoms with Crippen LogP contribution in [0, 0.1) is 12.8 Å². The molecular weight excluding hydrogens is 451 g/mol. The molecule has 0 aromatic heterocycles. The Morgan fingerprint density at radius 1 is 1.00 bits per heavy atom. The molecule has 3 rings (SSSR count). The second kappa shape index (κ2) is 11.5. The van der Waals surface area contributed by atoms with Gasteiger partial charge in [0.2, 0.25) is 0 Å². The van der Waals surface area contributed by atoms with E-state index in [0.29, 0.717) is 6.61 Å². The second-order valence-electron chi connectivity index (χ2n) is 7.86. The van der Waals surface area contributed by atoms with Crippen molar-refractivity contribution < 1.29 is 31.0 Å². The van der Waals surface area contributed by atoms with E-state index in [1.807, 2.05) is 37.3 Å². The van der Waals surface area contributed by atoms with Gasteiger partial charge in [-0.1, -0.05) is 54.4 Å². The maximum Gasteiger partial charge on any atom is 0.357 e. The SMILES string of the molecule is CCOP(=O)(COS(=O)(=O)c1ccc(C)cc1)OC[C@@H]1CCC[C@H]1OCc1ccccc1. The minimum atomic E-state index is -4.07. The van der Waals surface area contributed by atoms with Gasteiger partial charge in [0.15, 0.2) is 6.35 Å². The normalized spacial score (nSPS) is 20.8. The van der Waals surface area contributed by atoms with Crippen LogP contribution in [0.25, 0.3) is 0 Å². The van der Waals surface area contributed by atoms with E-state index in [-0.39, 0.29) is 30.1 Å². The van der Waals surface area contributed by atoms with Gasteiger partial charge in [-0.3, -0.25) is 8.75 Å². The number of hydrogen-bond acceptors (Lipinski definition) is 7. The number of ether oxygens (including phenoxy) is 1. The molecular formula is C23H31O7PS. The molecule has 1 saturated carbocycles. The first-order chi connectivity index (χ1) is 15.3. The zero-order valence-electron chi connectivity index (χ0n) is 18.5. The van der Waals surface area contributed by atoms with Crippen LogP contribution in [0.3, 0.4) is 0 Å². The molecule has 0 aliphatic heterocycles. The van der Waals surface area contributed by atoms with Crippen LogP contribution in [0.5, 0.6) is 0 Å². The number of hydrogen-bond donors (Lipinski definition) is 0. The van der Waals surface area contributed by atoms with Gasteiger partial charge in [0.05, 0.1) is 30.8 Å². The molecule has 0 radical (unpaired) electrons. The topological polar surface area (TPSA) is 88.1 Å². The molecule has 1 unspecified atom stereocenters. The highest BCUT2D eigenvalue weighted by Crippen LogP contribution is 2.50. The lowest BCUT2D eigenvalue weighted by Gasteiger charge is -2.23. The van der Waals surface area contributed by atoms with Gasteiger partial charge in [-0.05, 0) is 44.4 Å². The van der Waals surface area contributed by atoms with E-state index in [0.717, 1.165) is 30.4 Å². The molecule has 2 aromatic rings. The molecule has 1 aliphatic rings. The molecule has 0 bridgehead atoms. The quantitative estimate of drug-likeness (QED) is 0.300. The van der Waals surface area contributed by atoms with Crippen molar-refractivity contribution in [1.82, 2.24) is 0 Å². The van der Waals surface area contributed by atoms with E-state index in [9.17, 15) is 13.0 Å². The van der Waals surface area contributed by atoms with E-state index in [2.05, 4.69) is 0 Å². The molecule has 9 heteroatoms. The lowest BCUT2D eigenvalue weighted by molar-refractivity contribution is 0.00101. The third kappa shape index (κ3) is 7.24. The minimum absolute atomic E-state index is 0.00341. The van der Waals surface area contributed by atoms with Crippen LogP contribution in [0.1, 0.15) is 37.3 Å². The van der Waals surface area contributed by atoms with Crippen LogP contribution < -0.4 is 0 Å². The largest absolute Gasteiger partial charge is 0.373 e. The van der Waals surface area contributed by atoms with Gasteiger partial charge in [-0.15, -0.1) is 0 Å². The molecule has 0 amide bonds. The highest BCUT2D eigenvalue weighted by Gasteiger charge is 2.34. The van der Waals surface area contributed by atoms with Crippen LogP contribution in [0.15, 0.2) is 59.5 Å². The zero-order chi connectivity index (χ0) is 23.0. The molecule has 0 N–H and O–H groups in total. The van der Waals surface area contributed by atoms with Crippen molar-refractivity contribution in [3.8, 4) is 0 Å². The first-order valence-electron chi connectivity index (χ1n) is 10.8. The summed E-state index contributed by atoms with van der Waals surface area (Å²) in [5, 5.41) is 0. The molecule has 7 nitrogen and oxygen atoms in total. The molecule has 0 heterocycles. The number of aryl methyl sites for hydroxylation is 1. The molecule has 32 heavy (non-hydrogen) atoms. The average Bonchev–Trinajstić information content (AvgIpc) is 3.24. The van der Waals surface area contributed by atoms with Gasteiger partial charge in [0.1, 0.15) is 0 Å². The van der Waals surface area contributed by atoms with Gasteiger partial charge in [0, 0.05) is 5.92 Å². The predicted molar refractivity (Wildman–Crippen MR) is 122 cm³/mol. The van der Waals surface area contributed by atoms with Crippen LogP contribution in [0.2, 0.25) is 0 Å². The molecule has 0 saturated heterocycles. The van der Waals surface area contributed by atoms with Crippen LogP contribution >= 0.6 is 7.60 Å².